The van der Waals surface area contributed by atoms with Crippen molar-refractivity contribution in [3.63, 3.8) is 0 Å². The number of nitrogens with zero attached hydrogens (tertiary/aromatic N) is 1. The van der Waals surface area contributed by atoms with Crippen molar-refractivity contribution in [3.8, 4) is 0 Å². The third-order valence-electron chi connectivity index (χ3n) is 3.19. The molecule has 0 bridgehead atoms. The standard InChI is InChI=1S/C10H8N2O10/c11-3-1-9(5(13)14,6(15)16)10(7(17)18,8(19)20)2-4(3)12(21)22/h1-2H,11H2,(H,13,14)(H,15,16)(H,17,18)(H,19,20). The smallest absolute Gasteiger partial charge is 0.327 e. The molecule has 0 spiro atoms. The first-order chi connectivity index (χ1) is 9.95. The molecule has 0 aromatic heterocycles. The normalized spacial score (nSPS) is 18.5. The van der Waals surface area contributed by atoms with Crippen LogP contribution in [0.1, 0.15) is 0 Å². The van der Waals surface area contributed by atoms with Crippen LogP contribution in [0.4, 0.5) is 0 Å². The van der Waals surface area contributed by atoms with Crippen molar-refractivity contribution in [3.05, 3.63) is 33.7 Å². The third-order valence-corrected chi connectivity index (χ3v) is 3.19. The first-order valence-corrected chi connectivity index (χ1v) is 5.24. The monoisotopic (exact) mass is 316 g/mol. The van der Waals surface area contributed by atoms with Gasteiger partial charge in [-0.25, -0.2) is 0 Å². The molecule has 6 N–H and O–H groups in total. The molecule has 1 aliphatic rings. The van der Waals surface area contributed by atoms with E-state index in [2.05, 4.69) is 0 Å². The molecular weight excluding hydrogens is 308 g/mol. The van der Waals surface area contributed by atoms with Crippen molar-refractivity contribution < 1.29 is 44.5 Å². The number of hydrogen-bond acceptors (Lipinski definition) is 7. The molecule has 0 amide bonds. The van der Waals surface area contributed by atoms with Gasteiger partial charge in [0.2, 0.25) is 10.8 Å². The second kappa shape index (κ2) is 4.83. The van der Waals surface area contributed by atoms with Crippen molar-refractivity contribution in [2.24, 2.45) is 16.6 Å². The minimum absolute atomic E-state index is 0.0397. The summed E-state index contributed by atoms with van der Waals surface area (Å²) < 4.78 is 0. The largest absolute Gasteiger partial charge is 0.480 e. The molecule has 118 valence electrons. The highest BCUT2D eigenvalue weighted by molar-refractivity contribution is 6.16. The van der Waals surface area contributed by atoms with Crippen LogP contribution in [0, 0.1) is 20.9 Å². The van der Waals surface area contributed by atoms with Gasteiger partial charge in [-0.15, -0.1) is 0 Å². The summed E-state index contributed by atoms with van der Waals surface area (Å²) in [7, 11) is 0. The molecule has 0 saturated heterocycles. The number of nitro groups is 1. The molecule has 0 aliphatic heterocycles. The quantitative estimate of drug-likeness (QED) is 0.219. The number of carboxylic acids is 4. The highest BCUT2D eigenvalue weighted by Crippen LogP contribution is 2.48. The Kier molecular flexibility index (Phi) is 3.65. The lowest BCUT2D eigenvalue weighted by Gasteiger charge is -2.36. The second-order valence-electron chi connectivity index (χ2n) is 4.22. The summed E-state index contributed by atoms with van der Waals surface area (Å²) in [4.78, 5) is 55.0. The average molecular weight is 316 g/mol. The van der Waals surface area contributed by atoms with Gasteiger partial charge in [0.05, 0.1) is 4.92 Å². The van der Waals surface area contributed by atoms with Crippen LogP contribution in [0.5, 0.6) is 0 Å². The van der Waals surface area contributed by atoms with Crippen LogP contribution in [0.3, 0.4) is 0 Å². The van der Waals surface area contributed by atoms with E-state index in [1.807, 2.05) is 0 Å². The fourth-order valence-electron chi connectivity index (χ4n) is 2.09. The first-order valence-electron chi connectivity index (χ1n) is 5.24. The lowest BCUT2D eigenvalue weighted by molar-refractivity contribution is -0.422. The van der Waals surface area contributed by atoms with Gasteiger partial charge in [0.25, 0.3) is 5.70 Å². The highest BCUT2D eigenvalue weighted by Gasteiger charge is 2.72. The van der Waals surface area contributed by atoms with Crippen LogP contribution in [0.2, 0.25) is 0 Å². The Hall–Kier alpha value is -3.44. The van der Waals surface area contributed by atoms with Crippen LogP contribution < -0.4 is 5.73 Å². The zero-order valence-corrected chi connectivity index (χ0v) is 10.4. The molecule has 0 heterocycles. The van der Waals surface area contributed by atoms with E-state index in [4.69, 9.17) is 26.2 Å². The molecule has 0 aromatic carbocycles. The van der Waals surface area contributed by atoms with E-state index < -0.39 is 51.0 Å². The predicted octanol–water partition coefficient (Wildman–Crippen LogP) is -1.69. The molecule has 0 unspecified atom stereocenters. The summed E-state index contributed by atoms with van der Waals surface area (Å²) in [6, 6.07) is 0. The summed E-state index contributed by atoms with van der Waals surface area (Å²) in [5.74, 6) is -9.53. The maximum absolute atomic E-state index is 11.4. The first kappa shape index (κ1) is 16.6. The maximum Gasteiger partial charge on any atom is 0.327 e. The molecule has 0 fully saturated rings. The molecule has 0 aromatic rings. The summed E-state index contributed by atoms with van der Waals surface area (Å²) in [6.07, 6.45) is -0.0483. The Morgan fingerprint density at radius 3 is 1.50 bits per heavy atom. The fourth-order valence-corrected chi connectivity index (χ4v) is 2.09. The third kappa shape index (κ3) is 1.77. The number of carboxylic acid groups (broad SMARTS) is 4. The van der Waals surface area contributed by atoms with E-state index in [-0.39, 0.29) is 12.2 Å². The van der Waals surface area contributed by atoms with Gasteiger partial charge in [0.1, 0.15) is 5.70 Å². The van der Waals surface area contributed by atoms with Gasteiger partial charge in [-0.3, -0.25) is 29.3 Å². The SMILES string of the molecule is NC1=CC(C(=O)O)(C(=O)O)C(C(=O)O)(C(=O)O)C=C1[N+](=O)[O-]. The number of aliphatic carboxylic acids is 4. The van der Waals surface area contributed by atoms with Crippen LogP contribution in [0.25, 0.3) is 0 Å². The molecule has 12 heteroatoms. The molecule has 22 heavy (non-hydrogen) atoms. The van der Waals surface area contributed by atoms with Crippen molar-refractivity contribution in [2.45, 2.75) is 0 Å². The van der Waals surface area contributed by atoms with Crippen molar-refractivity contribution in [1.82, 2.24) is 0 Å². The predicted molar refractivity (Wildman–Crippen MR) is 62.8 cm³/mol. The van der Waals surface area contributed by atoms with Gasteiger partial charge in [-0.1, -0.05) is 0 Å². The second-order valence-corrected chi connectivity index (χ2v) is 4.22. The number of carbonyl (C=O) groups is 4. The lowest BCUT2D eigenvalue weighted by Crippen LogP contribution is -2.61. The maximum atomic E-state index is 11.4. The van der Waals surface area contributed by atoms with Crippen molar-refractivity contribution in [1.29, 1.82) is 0 Å². The molecule has 12 nitrogen and oxygen atoms in total. The summed E-state index contributed by atoms with van der Waals surface area (Å²) >= 11 is 0. The minimum atomic E-state index is -3.66. The summed E-state index contributed by atoms with van der Waals surface area (Å²) in [5, 5.41) is 47.3. The van der Waals surface area contributed by atoms with Crippen molar-refractivity contribution >= 4 is 23.9 Å². The molecule has 1 aliphatic carbocycles. The van der Waals surface area contributed by atoms with Crippen molar-refractivity contribution in [2.75, 3.05) is 0 Å². The zero-order chi connectivity index (χ0) is 17.5. The van der Waals surface area contributed by atoms with E-state index in [0.717, 1.165) is 0 Å². The van der Waals surface area contributed by atoms with Crippen LogP contribution in [-0.4, -0.2) is 49.2 Å². The van der Waals surface area contributed by atoms with Gasteiger partial charge in [-0.05, 0) is 6.08 Å². The Morgan fingerprint density at radius 1 is 0.909 bits per heavy atom. The number of hydrogen-bond donors (Lipinski definition) is 5. The van der Waals surface area contributed by atoms with Gasteiger partial charge >= 0.3 is 23.9 Å². The number of nitrogens with two attached hydrogens (primary N) is 1. The summed E-state index contributed by atoms with van der Waals surface area (Å²) in [6.45, 7) is 0. The Labute approximate surface area is 119 Å². The number of rotatable bonds is 5. The van der Waals surface area contributed by atoms with Gasteiger partial charge in [-0.2, -0.15) is 0 Å². The van der Waals surface area contributed by atoms with E-state index in [0.29, 0.717) is 0 Å². The topological polar surface area (TPSA) is 218 Å². The van der Waals surface area contributed by atoms with Crippen LogP contribution >= 0.6 is 0 Å². The zero-order valence-electron chi connectivity index (χ0n) is 10.4. The van der Waals surface area contributed by atoms with E-state index in [1.165, 1.54) is 0 Å². The van der Waals surface area contributed by atoms with Gasteiger partial charge in [0.15, 0.2) is 0 Å². The Balaban J connectivity index is 4.03. The molecule has 1 rings (SSSR count). The Morgan fingerprint density at radius 2 is 1.23 bits per heavy atom. The minimum Gasteiger partial charge on any atom is -0.480 e. The highest BCUT2D eigenvalue weighted by atomic mass is 16.6. The van der Waals surface area contributed by atoms with Crippen LogP contribution in [-0.2, 0) is 19.2 Å². The molecular formula is C10H8N2O10. The van der Waals surface area contributed by atoms with Gasteiger partial charge in [0, 0.05) is 6.08 Å². The van der Waals surface area contributed by atoms with Gasteiger partial charge < -0.3 is 26.2 Å². The van der Waals surface area contributed by atoms with E-state index in [9.17, 15) is 29.3 Å². The summed E-state index contributed by atoms with van der Waals surface area (Å²) in [5.41, 5.74) is -4.23. The van der Waals surface area contributed by atoms with E-state index >= 15 is 0 Å². The van der Waals surface area contributed by atoms with E-state index in [1.54, 1.807) is 0 Å². The average Bonchev–Trinajstić information content (AvgIpc) is 2.36. The Bertz CT molecular complexity index is 645. The fraction of sp³-hybridized carbons (Fsp3) is 0.200. The van der Waals surface area contributed by atoms with Crippen LogP contribution in [0.15, 0.2) is 23.5 Å². The lowest BCUT2D eigenvalue weighted by atomic mass is 9.60. The molecule has 0 saturated carbocycles. The molecule has 0 atom stereocenters. The molecule has 0 radical (unpaired) electrons.